The van der Waals surface area contributed by atoms with Crippen molar-refractivity contribution in [2.45, 2.75) is 25.7 Å². The summed E-state index contributed by atoms with van der Waals surface area (Å²) in [7, 11) is -3.88. The summed E-state index contributed by atoms with van der Waals surface area (Å²) < 4.78 is 26.6. The molecule has 0 heterocycles. The predicted octanol–water partition coefficient (Wildman–Crippen LogP) is 1.65. The molecule has 0 aromatic heterocycles. The van der Waals surface area contributed by atoms with Crippen molar-refractivity contribution in [2.24, 2.45) is 5.92 Å². The Hall–Kier alpha value is -1.98. The molecule has 0 radical (unpaired) electrons. The van der Waals surface area contributed by atoms with E-state index in [2.05, 4.69) is 4.72 Å². The molecule has 1 aromatic rings. The van der Waals surface area contributed by atoms with E-state index in [9.17, 15) is 18.5 Å². The van der Waals surface area contributed by atoms with Crippen LogP contribution in [0.1, 0.15) is 18.1 Å². The van der Waals surface area contributed by atoms with E-state index >= 15 is 0 Å². The molecular formula is C12H15N3O4S. The molecule has 0 aliphatic carbocycles. The summed E-state index contributed by atoms with van der Waals surface area (Å²) in [5, 5.41) is 19.4. The SMILES string of the molecule is Cc1cc([N+](=O)[O-])cc(S(=O)(=O)NCC(C)C#N)c1C. The predicted molar refractivity (Wildman–Crippen MR) is 72.5 cm³/mol. The molecule has 0 fully saturated rings. The van der Waals surface area contributed by atoms with E-state index in [-0.39, 0.29) is 17.1 Å². The lowest BCUT2D eigenvalue weighted by Gasteiger charge is -2.11. The van der Waals surface area contributed by atoms with Crippen molar-refractivity contribution in [1.82, 2.24) is 4.72 Å². The zero-order valence-electron chi connectivity index (χ0n) is 11.4. The maximum atomic E-state index is 12.2. The second-order valence-corrected chi connectivity index (χ2v) is 6.26. The van der Waals surface area contributed by atoms with Crippen LogP contribution in [0.5, 0.6) is 0 Å². The van der Waals surface area contributed by atoms with Gasteiger partial charge in [-0.05, 0) is 31.9 Å². The number of rotatable bonds is 5. The van der Waals surface area contributed by atoms with Gasteiger partial charge in [0.05, 0.1) is 21.8 Å². The number of aryl methyl sites for hydroxylation is 1. The van der Waals surface area contributed by atoms with Crippen LogP contribution in [0.3, 0.4) is 0 Å². The third-order valence-electron chi connectivity index (χ3n) is 2.90. The van der Waals surface area contributed by atoms with E-state index in [1.165, 1.54) is 6.07 Å². The van der Waals surface area contributed by atoms with E-state index in [4.69, 9.17) is 5.26 Å². The number of hydrogen-bond acceptors (Lipinski definition) is 5. The largest absolute Gasteiger partial charge is 0.271 e. The maximum Gasteiger partial charge on any atom is 0.271 e. The van der Waals surface area contributed by atoms with Crippen LogP contribution in [0.15, 0.2) is 17.0 Å². The van der Waals surface area contributed by atoms with E-state index in [1.807, 2.05) is 6.07 Å². The van der Waals surface area contributed by atoms with Crippen molar-refractivity contribution in [3.63, 3.8) is 0 Å². The molecule has 20 heavy (non-hydrogen) atoms. The Morgan fingerprint density at radius 3 is 2.55 bits per heavy atom. The number of nitro groups is 1. The van der Waals surface area contributed by atoms with Crippen molar-refractivity contribution in [3.8, 4) is 6.07 Å². The third-order valence-corrected chi connectivity index (χ3v) is 4.45. The third kappa shape index (κ3) is 3.53. The number of nitrogens with one attached hydrogen (secondary N) is 1. The average molecular weight is 297 g/mol. The number of nitriles is 1. The molecule has 1 aromatic carbocycles. The number of nitrogens with zero attached hydrogens (tertiary/aromatic N) is 2. The molecule has 1 unspecified atom stereocenters. The summed E-state index contributed by atoms with van der Waals surface area (Å²) in [6, 6.07) is 4.26. The van der Waals surface area contributed by atoms with Crippen molar-refractivity contribution in [2.75, 3.05) is 6.54 Å². The molecule has 0 aliphatic heterocycles. The fraction of sp³-hybridized carbons (Fsp3) is 0.417. The first-order chi connectivity index (χ1) is 9.19. The van der Waals surface area contributed by atoms with Crippen LogP contribution >= 0.6 is 0 Å². The second-order valence-electron chi connectivity index (χ2n) is 4.52. The van der Waals surface area contributed by atoms with Crippen LogP contribution in [0, 0.1) is 41.2 Å². The molecule has 0 saturated heterocycles. The number of hydrogen-bond donors (Lipinski definition) is 1. The van der Waals surface area contributed by atoms with Gasteiger partial charge in [0.2, 0.25) is 10.0 Å². The van der Waals surface area contributed by atoms with E-state index in [0.29, 0.717) is 11.1 Å². The van der Waals surface area contributed by atoms with E-state index in [1.54, 1.807) is 20.8 Å². The standard InChI is InChI=1S/C12H15N3O4S/c1-8(6-13)7-14-20(18,19)12-5-11(15(16)17)4-9(2)10(12)3/h4-5,8,14H,7H2,1-3H3. The maximum absolute atomic E-state index is 12.2. The lowest BCUT2D eigenvalue weighted by atomic mass is 10.1. The molecule has 1 rings (SSSR count). The van der Waals surface area contributed by atoms with Gasteiger partial charge in [0.1, 0.15) is 0 Å². The molecule has 1 N–H and O–H groups in total. The fourth-order valence-electron chi connectivity index (χ4n) is 1.55. The first-order valence-corrected chi connectivity index (χ1v) is 7.32. The summed E-state index contributed by atoms with van der Waals surface area (Å²) in [4.78, 5) is 10.0. The molecule has 0 saturated carbocycles. The summed E-state index contributed by atoms with van der Waals surface area (Å²) in [6.07, 6.45) is 0. The molecule has 0 aliphatic rings. The molecule has 8 heteroatoms. The van der Waals surface area contributed by atoms with Gasteiger partial charge in [0.15, 0.2) is 0 Å². The van der Waals surface area contributed by atoms with Gasteiger partial charge in [0.25, 0.3) is 5.69 Å². The summed E-state index contributed by atoms with van der Waals surface area (Å²) in [5.41, 5.74) is 0.697. The Kier molecular flexibility index (Phi) is 4.81. The van der Waals surface area contributed by atoms with Crippen molar-refractivity contribution in [1.29, 1.82) is 5.26 Å². The number of non-ortho nitro benzene ring substituents is 1. The van der Waals surface area contributed by atoms with Crippen LogP contribution < -0.4 is 4.72 Å². The highest BCUT2D eigenvalue weighted by atomic mass is 32.2. The Morgan fingerprint density at radius 1 is 1.45 bits per heavy atom. The smallest absolute Gasteiger partial charge is 0.258 e. The Balaban J connectivity index is 3.24. The van der Waals surface area contributed by atoms with Crippen LogP contribution in [-0.4, -0.2) is 19.9 Å². The Bertz CT molecular complexity index is 677. The topological polar surface area (TPSA) is 113 Å². The van der Waals surface area contributed by atoms with Gasteiger partial charge in [-0.2, -0.15) is 5.26 Å². The second kappa shape index (κ2) is 5.98. The Morgan fingerprint density at radius 2 is 2.05 bits per heavy atom. The quantitative estimate of drug-likeness (QED) is 0.655. The highest BCUT2D eigenvalue weighted by Crippen LogP contribution is 2.25. The number of sulfonamides is 1. The summed E-state index contributed by atoms with van der Waals surface area (Å²) in [6.45, 7) is 4.73. The van der Waals surface area contributed by atoms with E-state index in [0.717, 1.165) is 6.07 Å². The zero-order valence-corrected chi connectivity index (χ0v) is 12.2. The van der Waals surface area contributed by atoms with Crippen molar-refractivity contribution in [3.05, 3.63) is 33.4 Å². The van der Waals surface area contributed by atoms with Crippen LogP contribution in [0.25, 0.3) is 0 Å². The monoisotopic (exact) mass is 297 g/mol. The van der Waals surface area contributed by atoms with Gasteiger partial charge >= 0.3 is 0 Å². The molecule has 108 valence electrons. The van der Waals surface area contributed by atoms with Crippen molar-refractivity contribution < 1.29 is 13.3 Å². The molecular weight excluding hydrogens is 282 g/mol. The highest BCUT2D eigenvalue weighted by molar-refractivity contribution is 7.89. The number of nitro benzene ring substituents is 1. The van der Waals surface area contributed by atoms with Gasteiger partial charge in [-0.15, -0.1) is 0 Å². The minimum atomic E-state index is -3.88. The van der Waals surface area contributed by atoms with Crippen LogP contribution in [0.2, 0.25) is 0 Å². The normalized spacial score (nSPS) is 12.7. The summed E-state index contributed by atoms with van der Waals surface area (Å²) in [5.74, 6) is -0.482. The fourth-order valence-corrected chi connectivity index (χ4v) is 3.02. The molecule has 0 spiro atoms. The average Bonchev–Trinajstić information content (AvgIpc) is 2.38. The first kappa shape index (κ1) is 16.1. The molecule has 0 amide bonds. The lowest BCUT2D eigenvalue weighted by molar-refractivity contribution is -0.385. The minimum Gasteiger partial charge on any atom is -0.258 e. The van der Waals surface area contributed by atoms with Gasteiger partial charge in [-0.25, -0.2) is 13.1 Å². The molecule has 1 atom stereocenters. The van der Waals surface area contributed by atoms with E-state index < -0.39 is 20.9 Å². The van der Waals surface area contributed by atoms with Gasteiger partial charge < -0.3 is 0 Å². The highest BCUT2D eigenvalue weighted by Gasteiger charge is 2.22. The minimum absolute atomic E-state index is 0.0417. The lowest BCUT2D eigenvalue weighted by Crippen LogP contribution is -2.28. The van der Waals surface area contributed by atoms with Gasteiger partial charge in [-0.3, -0.25) is 10.1 Å². The summed E-state index contributed by atoms with van der Waals surface area (Å²) >= 11 is 0. The van der Waals surface area contributed by atoms with Gasteiger partial charge in [-0.1, -0.05) is 0 Å². The van der Waals surface area contributed by atoms with Crippen LogP contribution in [0.4, 0.5) is 5.69 Å². The zero-order chi connectivity index (χ0) is 15.5. The Labute approximate surface area is 117 Å². The molecule has 0 bridgehead atoms. The van der Waals surface area contributed by atoms with Crippen LogP contribution in [-0.2, 0) is 10.0 Å². The first-order valence-electron chi connectivity index (χ1n) is 5.84. The molecule has 7 nitrogen and oxygen atoms in total. The van der Waals surface area contributed by atoms with Gasteiger partial charge in [0, 0.05) is 18.7 Å². The van der Waals surface area contributed by atoms with Crippen molar-refractivity contribution >= 4 is 15.7 Å². The number of benzene rings is 1.